The molecule has 0 radical (unpaired) electrons. The van der Waals surface area contributed by atoms with Gasteiger partial charge in [0, 0.05) is 27.1 Å². The van der Waals surface area contributed by atoms with Crippen LogP contribution in [0.4, 0.5) is 5.69 Å². The molecule has 0 bridgehead atoms. The van der Waals surface area contributed by atoms with Gasteiger partial charge < -0.3 is 4.74 Å². The Morgan fingerprint density at radius 1 is 1.24 bits per heavy atom. The Hall–Kier alpha value is -4.07. The molecule has 38 heavy (non-hydrogen) atoms. The number of ether oxygens (including phenoxy) is 1. The molecule has 4 rings (SSSR count). The highest BCUT2D eigenvalue weighted by Crippen LogP contribution is 2.36. The second kappa shape index (κ2) is 10.7. The third-order valence-corrected chi connectivity index (χ3v) is 6.33. The van der Waals surface area contributed by atoms with Gasteiger partial charge in [0.15, 0.2) is 0 Å². The Morgan fingerprint density at radius 3 is 2.66 bits per heavy atom. The van der Waals surface area contributed by atoms with Gasteiger partial charge >= 0.3 is 5.69 Å². The Morgan fingerprint density at radius 2 is 1.97 bits per heavy atom. The monoisotopic (exact) mass is 593 g/mol. The number of rotatable bonds is 6. The van der Waals surface area contributed by atoms with Crippen LogP contribution in [0.3, 0.4) is 0 Å². The molecular weight excluding hydrogens is 574 g/mol. The second-order valence-corrected chi connectivity index (χ2v) is 10.7. The minimum absolute atomic E-state index is 0.0148. The summed E-state index contributed by atoms with van der Waals surface area (Å²) in [6, 6.07) is 16.8. The standard InChI is InChI=1S/C27H21BrClN5O4/c1-27(2,3)26-32-22-9-8-19(28)12-20(22)25(35)33(26)31-14-16-10-21(29)24(23(11-16)34(36)37)38-15-18-7-5-4-6-17(18)13-30/h4-12,14H,15H2,1-3H3. The van der Waals surface area contributed by atoms with Crippen molar-refractivity contribution in [1.29, 1.82) is 5.26 Å². The number of aromatic nitrogens is 2. The van der Waals surface area contributed by atoms with E-state index in [1.54, 1.807) is 42.5 Å². The SMILES string of the molecule is CC(C)(C)c1nc2ccc(Br)cc2c(=O)n1N=Cc1cc(Cl)c(OCc2ccccc2C#N)c([N+](=O)[O-])c1. The van der Waals surface area contributed by atoms with Gasteiger partial charge in [0.05, 0.1) is 38.7 Å². The molecule has 9 nitrogen and oxygen atoms in total. The maximum absolute atomic E-state index is 13.3. The van der Waals surface area contributed by atoms with Crippen LogP contribution >= 0.6 is 27.5 Å². The van der Waals surface area contributed by atoms with Crippen LogP contribution in [0, 0.1) is 21.4 Å². The van der Waals surface area contributed by atoms with Gasteiger partial charge in [0.2, 0.25) is 5.75 Å². The van der Waals surface area contributed by atoms with Crippen LogP contribution in [-0.4, -0.2) is 20.8 Å². The van der Waals surface area contributed by atoms with Crippen LogP contribution in [0.15, 0.2) is 69.0 Å². The summed E-state index contributed by atoms with van der Waals surface area (Å²) in [7, 11) is 0. The van der Waals surface area contributed by atoms with E-state index in [1.165, 1.54) is 23.0 Å². The lowest BCUT2D eigenvalue weighted by Gasteiger charge is -2.20. The quantitative estimate of drug-likeness (QED) is 0.146. The van der Waals surface area contributed by atoms with Crippen molar-refractivity contribution in [1.82, 2.24) is 9.66 Å². The van der Waals surface area contributed by atoms with Gasteiger partial charge in [-0.2, -0.15) is 15.0 Å². The van der Waals surface area contributed by atoms with Crippen LogP contribution in [-0.2, 0) is 12.0 Å². The van der Waals surface area contributed by atoms with Gasteiger partial charge in [0.1, 0.15) is 12.4 Å². The van der Waals surface area contributed by atoms with Crippen molar-refractivity contribution < 1.29 is 9.66 Å². The number of halogens is 2. The highest BCUT2D eigenvalue weighted by Gasteiger charge is 2.24. The van der Waals surface area contributed by atoms with Crippen molar-refractivity contribution in [2.24, 2.45) is 5.10 Å². The fourth-order valence-electron chi connectivity index (χ4n) is 3.72. The van der Waals surface area contributed by atoms with Gasteiger partial charge in [-0.1, -0.05) is 66.5 Å². The van der Waals surface area contributed by atoms with Crippen molar-refractivity contribution in [3.05, 3.63) is 107 Å². The molecule has 1 aromatic heterocycles. The summed E-state index contributed by atoms with van der Waals surface area (Å²) in [4.78, 5) is 29.2. The molecule has 0 atom stereocenters. The van der Waals surface area contributed by atoms with Crippen molar-refractivity contribution in [2.45, 2.75) is 32.8 Å². The fraction of sp³-hybridized carbons (Fsp3) is 0.185. The first-order valence-electron chi connectivity index (χ1n) is 11.4. The smallest absolute Gasteiger partial charge is 0.313 e. The van der Waals surface area contributed by atoms with Crippen LogP contribution < -0.4 is 10.3 Å². The van der Waals surface area contributed by atoms with E-state index in [0.29, 0.717) is 27.9 Å². The largest absolute Gasteiger partial charge is 0.481 e. The predicted molar refractivity (Wildman–Crippen MR) is 149 cm³/mol. The van der Waals surface area contributed by atoms with Crippen LogP contribution in [0.1, 0.15) is 43.3 Å². The molecule has 0 saturated heterocycles. The van der Waals surface area contributed by atoms with Crippen molar-refractivity contribution in [3.8, 4) is 11.8 Å². The van der Waals surface area contributed by atoms with E-state index < -0.39 is 10.3 Å². The van der Waals surface area contributed by atoms with E-state index in [0.717, 1.165) is 4.47 Å². The fourth-order valence-corrected chi connectivity index (χ4v) is 4.36. The van der Waals surface area contributed by atoms with Crippen LogP contribution in [0.5, 0.6) is 5.75 Å². The average molecular weight is 595 g/mol. The van der Waals surface area contributed by atoms with E-state index in [-0.39, 0.29) is 34.2 Å². The number of benzene rings is 3. The van der Waals surface area contributed by atoms with E-state index in [4.69, 9.17) is 16.3 Å². The molecule has 1 heterocycles. The number of nitriles is 1. The van der Waals surface area contributed by atoms with E-state index in [9.17, 15) is 20.2 Å². The molecule has 0 fully saturated rings. The average Bonchev–Trinajstić information content (AvgIpc) is 2.87. The third-order valence-electron chi connectivity index (χ3n) is 5.55. The molecule has 11 heteroatoms. The molecule has 0 amide bonds. The summed E-state index contributed by atoms with van der Waals surface area (Å²) in [5.41, 5.74) is 0.493. The van der Waals surface area contributed by atoms with E-state index in [2.05, 4.69) is 32.1 Å². The molecule has 0 aliphatic heterocycles. The maximum atomic E-state index is 13.3. The number of nitro groups is 1. The number of nitrogens with zero attached hydrogens (tertiary/aromatic N) is 5. The van der Waals surface area contributed by atoms with Gasteiger partial charge in [-0.05, 0) is 30.3 Å². The maximum Gasteiger partial charge on any atom is 0.313 e. The lowest BCUT2D eigenvalue weighted by Crippen LogP contribution is -2.29. The summed E-state index contributed by atoms with van der Waals surface area (Å²) in [5, 5.41) is 25.8. The van der Waals surface area contributed by atoms with Gasteiger partial charge in [-0.3, -0.25) is 14.9 Å². The Balaban J connectivity index is 1.76. The van der Waals surface area contributed by atoms with Crippen molar-refractivity contribution in [2.75, 3.05) is 0 Å². The zero-order valence-corrected chi connectivity index (χ0v) is 22.9. The summed E-state index contributed by atoms with van der Waals surface area (Å²) >= 11 is 9.76. The Bertz CT molecular complexity index is 1700. The van der Waals surface area contributed by atoms with Gasteiger partial charge in [0.25, 0.3) is 5.56 Å². The number of nitro benzene ring substituents is 1. The summed E-state index contributed by atoms with van der Waals surface area (Å²) in [5.74, 6) is 0.289. The topological polar surface area (TPSA) is 123 Å². The summed E-state index contributed by atoms with van der Waals surface area (Å²) < 4.78 is 7.59. The molecule has 4 aromatic rings. The molecule has 0 aliphatic carbocycles. The predicted octanol–water partition coefficient (Wildman–Crippen LogP) is 6.35. The molecule has 0 saturated carbocycles. The highest BCUT2D eigenvalue weighted by molar-refractivity contribution is 9.10. The minimum atomic E-state index is -0.614. The lowest BCUT2D eigenvalue weighted by atomic mass is 9.95. The first kappa shape index (κ1) is 27.0. The zero-order valence-electron chi connectivity index (χ0n) is 20.6. The van der Waals surface area contributed by atoms with Crippen molar-refractivity contribution in [3.63, 3.8) is 0 Å². The Kier molecular flexibility index (Phi) is 7.62. The molecule has 0 N–H and O–H groups in total. The molecular formula is C27H21BrClN5O4. The number of fused-ring (bicyclic) bond motifs is 1. The molecule has 3 aromatic carbocycles. The molecule has 0 spiro atoms. The van der Waals surface area contributed by atoms with E-state index in [1.807, 2.05) is 20.8 Å². The summed E-state index contributed by atoms with van der Waals surface area (Å²) in [6.45, 7) is 5.64. The normalized spacial score (nSPS) is 11.6. The molecule has 192 valence electrons. The van der Waals surface area contributed by atoms with Gasteiger partial charge in [-0.25, -0.2) is 4.98 Å². The number of hydrogen-bond donors (Lipinski definition) is 0. The number of hydrogen-bond acceptors (Lipinski definition) is 7. The third kappa shape index (κ3) is 5.59. The minimum Gasteiger partial charge on any atom is -0.481 e. The first-order valence-corrected chi connectivity index (χ1v) is 12.5. The zero-order chi connectivity index (χ0) is 27.6. The van der Waals surface area contributed by atoms with Gasteiger partial charge in [-0.15, -0.1) is 0 Å². The molecule has 0 aliphatic rings. The Labute approximate surface area is 231 Å². The van der Waals surface area contributed by atoms with Crippen LogP contribution in [0.25, 0.3) is 10.9 Å². The second-order valence-electron chi connectivity index (χ2n) is 9.37. The molecule has 0 unspecified atom stereocenters. The van der Waals surface area contributed by atoms with E-state index >= 15 is 0 Å². The highest BCUT2D eigenvalue weighted by atomic mass is 79.9. The first-order chi connectivity index (χ1) is 18.0. The lowest BCUT2D eigenvalue weighted by molar-refractivity contribution is -0.385. The summed E-state index contributed by atoms with van der Waals surface area (Å²) in [6.07, 6.45) is 1.32. The van der Waals surface area contributed by atoms with Crippen LogP contribution in [0.2, 0.25) is 5.02 Å². The van der Waals surface area contributed by atoms with Crippen molar-refractivity contribution >= 4 is 50.3 Å².